The molecule has 0 bridgehead atoms. The Morgan fingerprint density at radius 1 is 0.771 bits per heavy atom. The molecule has 200 valence electrons. The van der Waals surface area contributed by atoms with Crippen LogP contribution in [-0.2, 0) is 19.0 Å². The van der Waals surface area contributed by atoms with Crippen LogP contribution in [0, 0.1) is 0 Å². The molecule has 2 aliphatic rings. The lowest BCUT2D eigenvalue weighted by atomic mass is 10.0. The third-order valence-electron chi connectivity index (χ3n) is 6.13. The van der Waals surface area contributed by atoms with Gasteiger partial charge in [0.05, 0.1) is 6.61 Å². The summed E-state index contributed by atoms with van der Waals surface area (Å²) in [6, 6.07) is 0. The van der Waals surface area contributed by atoms with E-state index in [1.165, 1.54) is 42.4 Å². The number of ether oxygens (including phenoxy) is 3. The summed E-state index contributed by atoms with van der Waals surface area (Å²) in [5.74, 6) is 0. The molecule has 0 aromatic heterocycles. The first-order valence-corrected chi connectivity index (χ1v) is 13.5. The molecule has 5 heteroatoms. The molecular formula is C30H50O5. The number of aliphatic hydroxyl groups excluding tert-OH is 1. The average Bonchev–Trinajstić information content (AvgIpc) is 2.85. The summed E-state index contributed by atoms with van der Waals surface area (Å²) in [6.45, 7) is 10.2. The second-order valence-electron chi connectivity index (χ2n) is 9.81. The molecule has 2 saturated heterocycles. The molecule has 0 aromatic carbocycles. The number of aliphatic hydroxyl groups is 1. The van der Waals surface area contributed by atoms with E-state index in [0.29, 0.717) is 0 Å². The number of carbonyl (C=O) groups is 1. The van der Waals surface area contributed by atoms with E-state index in [-0.39, 0.29) is 19.2 Å². The van der Waals surface area contributed by atoms with E-state index in [0.717, 1.165) is 76.4 Å². The van der Waals surface area contributed by atoms with Gasteiger partial charge in [0.1, 0.15) is 6.29 Å². The maximum atomic E-state index is 11.1. The van der Waals surface area contributed by atoms with Gasteiger partial charge in [0.2, 0.25) is 0 Å². The minimum absolute atomic E-state index is 0.00292. The monoisotopic (exact) mass is 490 g/mol. The molecule has 2 unspecified atom stereocenters. The highest BCUT2D eigenvalue weighted by molar-refractivity contribution is 5.73. The van der Waals surface area contributed by atoms with E-state index in [1.54, 1.807) is 0 Å². The standard InChI is InChI=1S/C20H32O2.C10H18O3/c1-17(2)8-5-9-18(3)10-6-12-20(16-22)13-7-11-19(4)14-15-21;1-3-7-11-9(5-1)13-10-6-2-4-8-12-10/h8,10,13-14,16,21H,5-7,9,11-12,15H2,1-4H3;9-10H,1-8H2. The first-order valence-electron chi connectivity index (χ1n) is 13.5. The molecule has 2 rings (SSSR count). The van der Waals surface area contributed by atoms with Crippen molar-refractivity contribution in [2.24, 2.45) is 0 Å². The van der Waals surface area contributed by atoms with Crippen LogP contribution in [0.25, 0.3) is 0 Å². The Kier molecular flexibility index (Phi) is 18.6. The molecule has 1 N–H and O–H groups in total. The minimum Gasteiger partial charge on any atom is -0.392 e. The lowest BCUT2D eigenvalue weighted by molar-refractivity contribution is -0.264. The Bertz CT molecular complexity index is 657. The van der Waals surface area contributed by atoms with Crippen molar-refractivity contribution in [3.05, 3.63) is 46.6 Å². The van der Waals surface area contributed by atoms with Crippen LogP contribution in [0.3, 0.4) is 0 Å². The molecule has 35 heavy (non-hydrogen) atoms. The largest absolute Gasteiger partial charge is 0.392 e. The number of rotatable bonds is 13. The zero-order valence-corrected chi connectivity index (χ0v) is 22.7. The van der Waals surface area contributed by atoms with Gasteiger partial charge >= 0.3 is 0 Å². The summed E-state index contributed by atoms with van der Waals surface area (Å²) in [7, 11) is 0. The summed E-state index contributed by atoms with van der Waals surface area (Å²) in [4.78, 5) is 11.1. The SMILES string of the molecule is C1CCC(OC2CCCCO2)OC1.CC(C)=CCCC(C)=CCCC(C=O)=CCCC(C)=CCO. The van der Waals surface area contributed by atoms with E-state index in [9.17, 15) is 4.79 Å². The Morgan fingerprint density at radius 2 is 1.31 bits per heavy atom. The molecule has 2 atom stereocenters. The van der Waals surface area contributed by atoms with Crippen molar-refractivity contribution in [2.75, 3.05) is 19.8 Å². The van der Waals surface area contributed by atoms with E-state index >= 15 is 0 Å². The average molecular weight is 491 g/mol. The van der Waals surface area contributed by atoms with Crippen LogP contribution < -0.4 is 0 Å². The fourth-order valence-corrected chi connectivity index (χ4v) is 3.93. The molecule has 0 aromatic rings. The molecule has 2 fully saturated rings. The van der Waals surface area contributed by atoms with Gasteiger partial charge in [-0.15, -0.1) is 0 Å². The normalized spacial score (nSPS) is 21.7. The van der Waals surface area contributed by atoms with Crippen LogP contribution in [0.2, 0.25) is 0 Å². The van der Waals surface area contributed by atoms with Crippen molar-refractivity contribution in [3.63, 3.8) is 0 Å². The number of carbonyl (C=O) groups excluding carboxylic acids is 1. The number of aldehydes is 1. The first kappa shape index (κ1) is 31.5. The van der Waals surface area contributed by atoms with Gasteiger partial charge in [-0.2, -0.15) is 0 Å². The predicted molar refractivity (Wildman–Crippen MR) is 144 cm³/mol. The summed E-state index contributed by atoms with van der Waals surface area (Å²) in [5, 5.41) is 8.79. The molecule has 2 heterocycles. The van der Waals surface area contributed by atoms with Crippen molar-refractivity contribution < 1.29 is 24.1 Å². The van der Waals surface area contributed by atoms with Crippen LogP contribution in [0.4, 0.5) is 0 Å². The second kappa shape index (κ2) is 20.6. The van der Waals surface area contributed by atoms with Crippen LogP contribution >= 0.6 is 0 Å². The predicted octanol–water partition coefficient (Wildman–Crippen LogP) is 7.36. The van der Waals surface area contributed by atoms with E-state index in [1.807, 2.05) is 19.1 Å². The van der Waals surface area contributed by atoms with Crippen LogP contribution in [0.1, 0.15) is 105 Å². The maximum absolute atomic E-state index is 11.1. The molecule has 2 aliphatic heterocycles. The Labute approximate surface area is 214 Å². The highest BCUT2D eigenvalue weighted by Gasteiger charge is 2.21. The minimum atomic E-state index is -0.00292. The van der Waals surface area contributed by atoms with Crippen LogP contribution in [0.15, 0.2) is 46.6 Å². The number of hydrogen-bond acceptors (Lipinski definition) is 5. The fraction of sp³-hybridized carbons (Fsp3) is 0.700. The summed E-state index contributed by atoms with van der Waals surface area (Å²) in [5.41, 5.74) is 4.80. The summed E-state index contributed by atoms with van der Waals surface area (Å²) < 4.78 is 16.6. The molecule has 0 amide bonds. The van der Waals surface area contributed by atoms with Gasteiger partial charge in [-0.3, -0.25) is 4.79 Å². The molecule has 0 saturated carbocycles. The van der Waals surface area contributed by atoms with E-state index < -0.39 is 0 Å². The Morgan fingerprint density at radius 3 is 1.80 bits per heavy atom. The zero-order chi connectivity index (χ0) is 25.7. The van der Waals surface area contributed by atoms with Gasteiger partial charge in [-0.05, 0) is 110 Å². The quantitative estimate of drug-likeness (QED) is 0.166. The van der Waals surface area contributed by atoms with Crippen molar-refractivity contribution in [1.82, 2.24) is 0 Å². The van der Waals surface area contributed by atoms with Gasteiger partial charge in [0.25, 0.3) is 0 Å². The highest BCUT2D eigenvalue weighted by Crippen LogP contribution is 2.20. The van der Waals surface area contributed by atoms with E-state index in [2.05, 4.69) is 32.9 Å². The van der Waals surface area contributed by atoms with Crippen molar-refractivity contribution in [1.29, 1.82) is 0 Å². The zero-order valence-electron chi connectivity index (χ0n) is 22.7. The third-order valence-corrected chi connectivity index (χ3v) is 6.13. The smallest absolute Gasteiger partial charge is 0.160 e. The van der Waals surface area contributed by atoms with E-state index in [4.69, 9.17) is 19.3 Å². The van der Waals surface area contributed by atoms with Gasteiger partial charge in [-0.1, -0.05) is 41.0 Å². The number of allylic oxidation sites excluding steroid dienone is 7. The fourth-order valence-electron chi connectivity index (χ4n) is 3.93. The summed E-state index contributed by atoms with van der Waals surface area (Å²) >= 11 is 0. The van der Waals surface area contributed by atoms with Gasteiger partial charge in [0.15, 0.2) is 12.6 Å². The highest BCUT2D eigenvalue weighted by atomic mass is 16.8. The first-order chi connectivity index (χ1) is 16.9. The van der Waals surface area contributed by atoms with Crippen molar-refractivity contribution in [2.45, 2.75) is 117 Å². The molecule has 5 nitrogen and oxygen atoms in total. The second-order valence-corrected chi connectivity index (χ2v) is 9.81. The molecule has 0 spiro atoms. The Hall–Kier alpha value is -1.53. The van der Waals surface area contributed by atoms with Gasteiger partial charge in [-0.25, -0.2) is 0 Å². The van der Waals surface area contributed by atoms with Gasteiger partial charge in [0, 0.05) is 13.2 Å². The Balaban J connectivity index is 0.000000394. The topological polar surface area (TPSA) is 65.0 Å². The molecular weight excluding hydrogens is 440 g/mol. The molecule has 0 radical (unpaired) electrons. The lowest BCUT2D eigenvalue weighted by Gasteiger charge is -2.29. The third kappa shape index (κ3) is 17.5. The van der Waals surface area contributed by atoms with Crippen molar-refractivity contribution in [3.8, 4) is 0 Å². The number of hydrogen-bond donors (Lipinski definition) is 1. The van der Waals surface area contributed by atoms with Crippen LogP contribution in [-0.4, -0.2) is 43.8 Å². The van der Waals surface area contributed by atoms with Crippen LogP contribution in [0.5, 0.6) is 0 Å². The lowest BCUT2D eigenvalue weighted by Crippen LogP contribution is -2.31. The molecule has 0 aliphatic carbocycles. The maximum Gasteiger partial charge on any atom is 0.160 e. The summed E-state index contributed by atoms with van der Waals surface area (Å²) in [6.07, 6.45) is 21.8. The van der Waals surface area contributed by atoms with Crippen molar-refractivity contribution >= 4 is 6.29 Å². The van der Waals surface area contributed by atoms with Gasteiger partial charge < -0.3 is 19.3 Å².